The van der Waals surface area contributed by atoms with Crippen molar-refractivity contribution in [2.24, 2.45) is 0 Å². The molecule has 1 heterocycles. The zero-order chi connectivity index (χ0) is 13.9. The third kappa shape index (κ3) is 2.63. The molecule has 1 atom stereocenters. The maximum Gasteiger partial charge on any atom is 0.140 e. The molecular weight excluding hydrogens is 268 g/mol. The molecule has 1 aromatic carbocycles. The molecule has 20 heavy (non-hydrogen) atoms. The van der Waals surface area contributed by atoms with E-state index in [9.17, 15) is 4.21 Å². The standard InChI is InChI=1S/C16H14N2OS/c17-10-15-8-12(6-7-18-15)11-20(19)16-5-4-13-2-1-3-14(13)9-16/h4-9H,1-3,11H2. The third-order valence-corrected chi connectivity index (χ3v) is 4.94. The van der Waals surface area contributed by atoms with Gasteiger partial charge in [-0.3, -0.25) is 4.21 Å². The van der Waals surface area contributed by atoms with Gasteiger partial charge in [-0.15, -0.1) is 0 Å². The molecule has 1 unspecified atom stereocenters. The fraction of sp³-hybridized carbons (Fsp3) is 0.250. The van der Waals surface area contributed by atoms with Gasteiger partial charge in [0, 0.05) is 11.1 Å². The van der Waals surface area contributed by atoms with Crippen LogP contribution in [0.15, 0.2) is 41.4 Å². The number of fused-ring (bicyclic) bond motifs is 1. The summed E-state index contributed by atoms with van der Waals surface area (Å²) in [5.41, 5.74) is 3.98. The van der Waals surface area contributed by atoms with Gasteiger partial charge in [-0.2, -0.15) is 5.26 Å². The molecule has 0 spiro atoms. The molecule has 0 fully saturated rings. The van der Waals surface area contributed by atoms with Crippen LogP contribution >= 0.6 is 0 Å². The summed E-state index contributed by atoms with van der Waals surface area (Å²) >= 11 is 0. The molecule has 2 aromatic rings. The molecule has 0 radical (unpaired) electrons. The fourth-order valence-corrected chi connectivity index (χ4v) is 3.69. The van der Waals surface area contributed by atoms with E-state index in [2.05, 4.69) is 17.1 Å². The van der Waals surface area contributed by atoms with Crippen molar-refractivity contribution in [2.75, 3.05) is 0 Å². The molecule has 0 aliphatic heterocycles. The summed E-state index contributed by atoms with van der Waals surface area (Å²) in [6, 6.07) is 11.7. The van der Waals surface area contributed by atoms with Crippen LogP contribution in [0.5, 0.6) is 0 Å². The first kappa shape index (κ1) is 13.0. The van der Waals surface area contributed by atoms with E-state index in [-0.39, 0.29) is 0 Å². The van der Waals surface area contributed by atoms with Crippen LogP contribution in [-0.4, -0.2) is 9.19 Å². The van der Waals surface area contributed by atoms with Gasteiger partial charge >= 0.3 is 0 Å². The van der Waals surface area contributed by atoms with Gasteiger partial charge in [0.05, 0.1) is 16.6 Å². The molecule has 0 bridgehead atoms. The molecule has 0 saturated carbocycles. The minimum Gasteiger partial charge on any atom is -0.254 e. The van der Waals surface area contributed by atoms with Crippen molar-refractivity contribution in [3.63, 3.8) is 0 Å². The Morgan fingerprint density at radius 2 is 2.05 bits per heavy atom. The highest BCUT2D eigenvalue weighted by molar-refractivity contribution is 7.84. The first-order valence-electron chi connectivity index (χ1n) is 6.61. The van der Waals surface area contributed by atoms with E-state index in [0.717, 1.165) is 23.3 Å². The Morgan fingerprint density at radius 1 is 1.20 bits per heavy atom. The zero-order valence-corrected chi connectivity index (χ0v) is 11.8. The van der Waals surface area contributed by atoms with Gasteiger partial charge in [0.15, 0.2) is 0 Å². The molecule has 100 valence electrons. The molecule has 3 nitrogen and oxygen atoms in total. The van der Waals surface area contributed by atoms with Crippen LogP contribution in [0.3, 0.4) is 0 Å². The summed E-state index contributed by atoms with van der Waals surface area (Å²) in [6.07, 6.45) is 5.02. The molecule has 4 heteroatoms. The molecule has 0 N–H and O–H groups in total. The Kier molecular flexibility index (Phi) is 3.62. The van der Waals surface area contributed by atoms with E-state index in [4.69, 9.17) is 5.26 Å². The lowest BCUT2D eigenvalue weighted by Crippen LogP contribution is -1.99. The van der Waals surface area contributed by atoms with Crippen LogP contribution in [0.1, 0.15) is 28.8 Å². The van der Waals surface area contributed by atoms with Crippen molar-refractivity contribution in [3.05, 3.63) is 58.9 Å². The fourth-order valence-electron chi connectivity index (χ4n) is 2.55. The lowest BCUT2D eigenvalue weighted by molar-refractivity contribution is 0.682. The molecule has 0 saturated heterocycles. The Balaban J connectivity index is 1.81. The first-order chi connectivity index (χ1) is 9.76. The van der Waals surface area contributed by atoms with Crippen molar-refractivity contribution in [2.45, 2.75) is 29.9 Å². The van der Waals surface area contributed by atoms with Crippen molar-refractivity contribution < 1.29 is 4.21 Å². The van der Waals surface area contributed by atoms with Crippen molar-refractivity contribution >= 4 is 10.8 Å². The van der Waals surface area contributed by atoms with Crippen LogP contribution in [0.2, 0.25) is 0 Å². The van der Waals surface area contributed by atoms with E-state index in [1.807, 2.05) is 18.2 Å². The molecule has 1 aliphatic rings. The number of pyridine rings is 1. The Hall–Kier alpha value is -1.99. The molecular formula is C16H14N2OS. The van der Waals surface area contributed by atoms with Gasteiger partial charge in [0.25, 0.3) is 0 Å². The average molecular weight is 282 g/mol. The first-order valence-corrected chi connectivity index (χ1v) is 7.93. The van der Waals surface area contributed by atoms with Crippen LogP contribution < -0.4 is 0 Å². The molecule has 1 aromatic heterocycles. The number of benzene rings is 1. The normalized spacial score (nSPS) is 14.6. The second kappa shape index (κ2) is 5.56. The summed E-state index contributed by atoms with van der Waals surface area (Å²) in [6.45, 7) is 0. The number of hydrogen-bond donors (Lipinski definition) is 0. The summed E-state index contributed by atoms with van der Waals surface area (Å²) in [4.78, 5) is 4.80. The second-order valence-corrected chi connectivity index (χ2v) is 6.39. The van der Waals surface area contributed by atoms with Gasteiger partial charge < -0.3 is 0 Å². The van der Waals surface area contributed by atoms with E-state index < -0.39 is 10.8 Å². The summed E-state index contributed by atoms with van der Waals surface area (Å²) in [5, 5.41) is 8.83. The maximum atomic E-state index is 12.4. The van der Waals surface area contributed by atoms with Crippen molar-refractivity contribution in [1.29, 1.82) is 5.26 Å². The highest BCUT2D eigenvalue weighted by Crippen LogP contribution is 2.25. The van der Waals surface area contributed by atoms with Crippen LogP contribution in [-0.2, 0) is 29.4 Å². The zero-order valence-electron chi connectivity index (χ0n) is 11.0. The highest BCUT2D eigenvalue weighted by Gasteiger charge is 2.13. The number of nitrogens with zero attached hydrogens (tertiary/aromatic N) is 2. The third-order valence-electron chi connectivity index (χ3n) is 3.57. The molecule has 3 rings (SSSR count). The topological polar surface area (TPSA) is 53.8 Å². The summed E-state index contributed by atoms with van der Waals surface area (Å²) < 4.78 is 12.4. The monoisotopic (exact) mass is 282 g/mol. The number of aryl methyl sites for hydroxylation is 2. The lowest BCUT2D eigenvalue weighted by atomic mass is 10.1. The minimum absolute atomic E-state index is 0.369. The van der Waals surface area contributed by atoms with Gasteiger partial charge in [-0.05, 0) is 60.2 Å². The predicted molar refractivity (Wildman–Crippen MR) is 77.5 cm³/mol. The van der Waals surface area contributed by atoms with E-state index in [0.29, 0.717) is 11.4 Å². The van der Waals surface area contributed by atoms with Gasteiger partial charge in [0.1, 0.15) is 11.8 Å². The van der Waals surface area contributed by atoms with Gasteiger partial charge in [0.2, 0.25) is 0 Å². The highest BCUT2D eigenvalue weighted by atomic mass is 32.2. The van der Waals surface area contributed by atoms with Crippen LogP contribution in [0.25, 0.3) is 0 Å². The molecule has 0 amide bonds. The second-order valence-electron chi connectivity index (χ2n) is 4.94. The van der Waals surface area contributed by atoms with Crippen LogP contribution in [0, 0.1) is 11.3 Å². The van der Waals surface area contributed by atoms with Gasteiger partial charge in [-0.1, -0.05) is 6.07 Å². The number of nitriles is 1. The molecule has 1 aliphatic carbocycles. The number of aromatic nitrogens is 1. The van der Waals surface area contributed by atoms with E-state index >= 15 is 0 Å². The Labute approximate surface area is 120 Å². The summed E-state index contributed by atoms with van der Waals surface area (Å²) in [5.74, 6) is 0.427. The predicted octanol–water partition coefficient (Wildman–Crippen LogP) is 2.75. The smallest absolute Gasteiger partial charge is 0.140 e. The largest absolute Gasteiger partial charge is 0.254 e. The number of rotatable bonds is 3. The Bertz CT molecular complexity index is 719. The van der Waals surface area contributed by atoms with Crippen LogP contribution in [0.4, 0.5) is 0 Å². The maximum absolute atomic E-state index is 12.4. The van der Waals surface area contributed by atoms with Crippen molar-refractivity contribution in [1.82, 2.24) is 4.98 Å². The minimum atomic E-state index is -1.07. The summed E-state index contributed by atoms with van der Waals surface area (Å²) in [7, 11) is -1.07. The van der Waals surface area contributed by atoms with Gasteiger partial charge in [-0.25, -0.2) is 4.98 Å². The number of hydrogen-bond acceptors (Lipinski definition) is 3. The Morgan fingerprint density at radius 3 is 2.90 bits per heavy atom. The van der Waals surface area contributed by atoms with E-state index in [1.54, 1.807) is 12.3 Å². The lowest BCUT2D eigenvalue weighted by Gasteiger charge is -2.05. The quantitative estimate of drug-likeness (QED) is 0.869. The van der Waals surface area contributed by atoms with Crippen molar-refractivity contribution in [3.8, 4) is 6.07 Å². The average Bonchev–Trinajstić information content (AvgIpc) is 2.94. The SMILES string of the molecule is N#Cc1cc(CS(=O)c2ccc3c(c2)CCC3)ccn1. The van der Waals surface area contributed by atoms with E-state index in [1.165, 1.54) is 17.5 Å².